The lowest BCUT2D eigenvalue weighted by atomic mass is 10.0. The maximum Gasteiger partial charge on any atom is 0.227 e. The molecule has 1 fully saturated rings. The van der Waals surface area contributed by atoms with Crippen LogP contribution in [0, 0.1) is 5.92 Å². The Balaban J connectivity index is 1.95. The van der Waals surface area contributed by atoms with Crippen molar-refractivity contribution in [1.29, 1.82) is 0 Å². The van der Waals surface area contributed by atoms with Gasteiger partial charge < -0.3 is 14.8 Å². The number of carbonyl (C=O) groups excluding carboxylic acids is 1. The van der Waals surface area contributed by atoms with E-state index in [9.17, 15) is 4.79 Å². The van der Waals surface area contributed by atoms with Crippen LogP contribution in [-0.2, 0) is 9.53 Å². The van der Waals surface area contributed by atoms with Gasteiger partial charge in [-0.3, -0.25) is 4.79 Å². The van der Waals surface area contributed by atoms with E-state index in [2.05, 4.69) is 5.32 Å². The predicted molar refractivity (Wildman–Crippen MR) is 88.2 cm³/mol. The topological polar surface area (TPSA) is 47.6 Å². The van der Waals surface area contributed by atoms with Crippen molar-refractivity contribution in [3.63, 3.8) is 0 Å². The zero-order valence-corrected chi connectivity index (χ0v) is 13.6. The van der Waals surface area contributed by atoms with Gasteiger partial charge in [-0.05, 0) is 44.2 Å². The van der Waals surface area contributed by atoms with E-state index in [-0.39, 0.29) is 17.9 Å². The zero-order valence-electron chi connectivity index (χ0n) is 13.6. The Hall–Kier alpha value is -1.55. The number of amides is 1. The average Bonchev–Trinajstić information content (AvgIpc) is 2.56. The van der Waals surface area contributed by atoms with Crippen molar-refractivity contribution in [3.8, 4) is 5.75 Å². The van der Waals surface area contributed by atoms with Gasteiger partial charge >= 0.3 is 0 Å². The first-order valence-electron chi connectivity index (χ1n) is 8.38. The van der Waals surface area contributed by atoms with Gasteiger partial charge in [0.25, 0.3) is 0 Å². The second-order valence-electron chi connectivity index (χ2n) is 5.80. The summed E-state index contributed by atoms with van der Waals surface area (Å²) < 4.78 is 11.6. The Kier molecular flexibility index (Phi) is 6.72. The molecule has 1 saturated heterocycles. The molecule has 0 spiro atoms. The smallest absolute Gasteiger partial charge is 0.227 e. The van der Waals surface area contributed by atoms with E-state index in [1.54, 1.807) is 0 Å². The van der Waals surface area contributed by atoms with Crippen LogP contribution in [0.15, 0.2) is 24.3 Å². The third-order valence-corrected chi connectivity index (χ3v) is 4.20. The molecule has 1 aromatic rings. The van der Waals surface area contributed by atoms with Crippen molar-refractivity contribution in [1.82, 2.24) is 0 Å². The molecule has 22 heavy (non-hydrogen) atoms. The Morgan fingerprint density at radius 1 is 1.32 bits per heavy atom. The second kappa shape index (κ2) is 8.79. The zero-order chi connectivity index (χ0) is 15.8. The number of rotatable bonds is 7. The first-order chi connectivity index (χ1) is 10.7. The maximum absolute atomic E-state index is 12.2. The lowest BCUT2D eigenvalue weighted by molar-refractivity contribution is -0.120. The van der Waals surface area contributed by atoms with E-state index in [0.717, 1.165) is 43.7 Å². The van der Waals surface area contributed by atoms with Crippen LogP contribution in [0.3, 0.4) is 0 Å². The first kappa shape index (κ1) is 16.8. The quantitative estimate of drug-likeness (QED) is 0.828. The fraction of sp³-hybridized carbons (Fsp3) is 0.611. The van der Waals surface area contributed by atoms with Gasteiger partial charge in [-0.2, -0.15) is 0 Å². The second-order valence-corrected chi connectivity index (χ2v) is 5.80. The lowest BCUT2D eigenvalue weighted by Crippen LogP contribution is -2.26. The lowest BCUT2D eigenvalue weighted by Gasteiger charge is -2.23. The summed E-state index contributed by atoms with van der Waals surface area (Å²) in [7, 11) is 0. The number of carbonyl (C=O) groups is 1. The van der Waals surface area contributed by atoms with Crippen LogP contribution in [0.1, 0.15) is 46.0 Å². The third-order valence-electron chi connectivity index (χ3n) is 4.20. The number of anilines is 1. The maximum atomic E-state index is 12.2. The molecule has 0 radical (unpaired) electrons. The van der Waals surface area contributed by atoms with Crippen molar-refractivity contribution in [3.05, 3.63) is 24.3 Å². The summed E-state index contributed by atoms with van der Waals surface area (Å²) in [6, 6.07) is 7.61. The van der Waals surface area contributed by atoms with Crippen LogP contribution in [0.5, 0.6) is 5.75 Å². The minimum atomic E-state index is 0.0507. The highest BCUT2D eigenvalue weighted by Gasteiger charge is 2.18. The van der Waals surface area contributed by atoms with Crippen LogP contribution >= 0.6 is 0 Å². The summed E-state index contributed by atoms with van der Waals surface area (Å²) in [5, 5.41) is 3.00. The van der Waals surface area contributed by atoms with Crippen molar-refractivity contribution < 1.29 is 14.3 Å². The molecule has 1 unspecified atom stereocenters. The summed E-state index contributed by atoms with van der Waals surface area (Å²) in [4.78, 5) is 12.2. The molecule has 1 aliphatic rings. The van der Waals surface area contributed by atoms with Gasteiger partial charge in [-0.25, -0.2) is 0 Å². The van der Waals surface area contributed by atoms with Gasteiger partial charge in [0.2, 0.25) is 5.91 Å². The molecule has 1 atom stereocenters. The van der Waals surface area contributed by atoms with E-state index in [1.807, 2.05) is 38.1 Å². The molecule has 4 nitrogen and oxygen atoms in total. The molecule has 122 valence electrons. The Morgan fingerprint density at radius 3 is 2.77 bits per heavy atom. The van der Waals surface area contributed by atoms with Crippen LogP contribution in [0.25, 0.3) is 0 Å². The first-order valence-corrected chi connectivity index (χ1v) is 8.38. The summed E-state index contributed by atoms with van der Waals surface area (Å²) >= 11 is 0. The Labute approximate surface area is 133 Å². The molecular formula is C18H27NO3. The number of benzene rings is 1. The molecule has 0 aromatic heterocycles. The Morgan fingerprint density at radius 2 is 2.09 bits per heavy atom. The van der Waals surface area contributed by atoms with E-state index in [0.29, 0.717) is 6.61 Å². The number of ether oxygens (including phenoxy) is 2. The van der Waals surface area contributed by atoms with Crippen molar-refractivity contribution in [2.45, 2.75) is 52.1 Å². The number of para-hydroxylation sites is 2. The molecule has 1 heterocycles. The fourth-order valence-electron chi connectivity index (χ4n) is 2.71. The van der Waals surface area contributed by atoms with Crippen LogP contribution in [0.2, 0.25) is 0 Å². The van der Waals surface area contributed by atoms with E-state index >= 15 is 0 Å². The molecule has 2 rings (SSSR count). The third kappa shape index (κ3) is 4.73. The number of nitrogens with one attached hydrogen (secondary N) is 1. The monoisotopic (exact) mass is 305 g/mol. The highest BCUT2D eigenvalue weighted by molar-refractivity contribution is 5.93. The van der Waals surface area contributed by atoms with Gasteiger partial charge in [0, 0.05) is 12.5 Å². The van der Waals surface area contributed by atoms with Gasteiger partial charge in [-0.1, -0.05) is 26.0 Å². The van der Waals surface area contributed by atoms with E-state index < -0.39 is 0 Å². The van der Waals surface area contributed by atoms with E-state index in [1.165, 1.54) is 6.42 Å². The van der Waals surface area contributed by atoms with Gasteiger partial charge in [0.1, 0.15) is 12.4 Å². The standard InChI is InChI=1S/C18H27NO3/c1-3-14(4-2)18(20)19-16-10-5-6-11-17(16)22-13-15-9-7-8-12-21-15/h5-6,10-11,14-15H,3-4,7-9,12-13H2,1-2H3,(H,19,20). The van der Waals surface area contributed by atoms with Gasteiger partial charge in [0.15, 0.2) is 0 Å². The van der Waals surface area contributed by atoms with Crippen molar-refractivity contribution >= 4 is 11.6 Å². The molecule has 1 amide bonds. The normalized spacial score (nSPS) is 18.2. The SMILES string of the molecule is CCC(CC)C(=O)Nc1ccccc1OCC1CCCCO1. The minimum Gasteiger partial charge on any atom is -0.489 e. The molecule has 1 aromatic carbocycles. The molecular weight excluding hydrogens is 278 g/mol. The van der Waals surface area contributed by atoms with Crippen LogP contribution < -0.4 is 10.1 Å². The summed E-state index contributed by atoms with van der Waals surface area (Å²) in [5.41, 5.74) is 0.746. The number of hydrogen-bond acceptors (Lipinski definition) is 3. The summed E-state index contributed by atoms with van der Waals surface area (Å²) in [6.07, 6.45) is 5.24. The van der Waals surface area contributed by atoms with Crippen molar-refractivity contribution in [2.24, 2.45) is 5.92 Å². The molecule has 4 heteroatoms. The van der Waals surface area contributed by atoms with Gasteiger partial charge in [0.05, 0.1) is 11.8 Å². The summed E-state index contributed by atoms with van der Waals surface area (Å²) in [5.74, 6) is 0.834. The Bertz CT molecular complexity index is 465. The molecule has 1 aliphatic heterocycles. The number of hydrogen-bond donors (Lipinski definition) is 1. The fourth-order valence-corrected chi connectivity index (χ4v) is 2.71. The molecule has 0 saturated carbocycles. The highest BCUT2D eigenvalue weighted by Crippen LogP contribution is 2.26. The average molecular weight is 305 g/mol. The highest BCUT2D eigenvalue weighted by atomic mass is 16.5. The molecule has 0 aliphatic carbocycles. The summed E-state index contributed by atoms with van der Waals surface area (Å²) in [6.45, 7) is 5.44. The molecule has 1 N–H and O–H groups in total. The minimum absolute atomic E-state index is 0.0507. The van der Waals surface area contributed by atoms with Crippen LogP contribution in [-0.4, -0.2) is 25.2 Å². The van der Waals surface area contributed by atoms with Gasteiger partial charge in [-0.15, -0.1) is 0 Å². The van der Waals surface area contributed by atoms with Crippen LogP contribution in [0.4, 0.5) is 5.69 Å². The van der Waals surface area contributed by atoms with E-state index in [4.69, 9.17) is 9.47 Å². The molecule has 0 bridgehead atoms. The van der Waals surface area contributed by atoms with Crippen molar-refractivity contribution in [2.75, 3.05) is 18.5 Å². The predicted octanol–water partition coefficient (Wildman–Crippen LogP) is 4.01. The largest absolute Gasteiger partial charge is 0.489 e.